The van der Waals surface area contributed by atoms with Crippen LogP contribution in [0, 0.1) is 0 Å². The van der Waals surface area contributed by atoms with Crippen molar-refractivity contribution in [1.29, 1.82) is 0 Å². The van der Waals surface area contributed by atoms with Crippen molar-refractivity contribution in [2.24, 2.45) is 0 Å². The fourth-order valence-electron chi connectivity index (χ4n) is 1.99. The quantitative estimate of drug-likeness (QED) is 0.767. The van der Waals surface area contributed by atoms with Crippen molar-refractivity contribution in [2.45, 2.75) is 24.5 Å². The predicted octanol–water partition coefficient (Wildman–Crippen LogP) is 4.26. The molecule has 0 aliphatic rings. The lowest BCUT2D eigenvalue weighted by Crippen LogP contribution is -2.28. The van der Waals surface area contributed by atoms with Crippen molar-refractivity contribution in [2.75, 3.05) is 5.75 Å². The van der Waals surface area contributed by atoms with Crippen LogP contribution in [0.2, 0.25) is 0 Å². The van der Waals surface area contributed by atoms with E-state index in [0.717, 1.165) is 4.90 Å². The van der Waals surface area contributed by atoms with Gasteiger partial charge in [-0.15, -0.1) is 11.8 Å². The lowest BCUT2D eigenvalue weighted by atomic mass is 10.1. The molecule has 0 spiro atoms. The Morgan fingerprint density at radius 2 is 1.91 bits per heavy atom. The Hall–Kier alpha value is -2.08. The van der Waals surface area contributed by atoms with Crippen molar-refractivity contribution in [3.63, 3.8) is 0 Å². The molecule has 0 radical (unpaired) electrons. The van der Waals surface area contributed by atoms with Gasteiger partial charge in [0.2, 0.25) is 5.91 Å². The minimum absolute atomic E-state index is 0.0808. The van der Waals surface area contributed by atoms with Crippen molar-refractivity contribution < 1.29 is 18.3 Å². The van der Waals surface area contributed by atoms with Gasteiger partial charge in [-0.1, -0.05) is 30.3 Å². The van der Waals surface area contributed by atoms with E-state index in [1.165, 1.54) is 23.9 Å². The second-order valence-corrected chi connectivity index (χ2v) is 5.89. The number of nitrogens with one attached hydrogen (secondary N) is 1. The Morgan fingerprint density at radius 1 is 1.17 bits per heavy atom. The molecule has 0 aliphatic carbocycles. The van der Waals surface area contributed by atoms with E-state index in [4.69, 9.17) is 0 Å². The van der Waals surface area contributed by atoms with Gasteiger partial charge in [0.05, 0.1) is 11.8 Å². The van der Waals surface area contributed by atoms with E-state index in [9.17, 15) is 13.6 Å². The molecule has 0 aliphatic heterocycles. The largest absolute Gasteiger partial charge is 0.435 e. The van der Waals surface area contributed by atoms with Crippen molar-refractivity contribution in [1.82, 2.24) is 5.32 Å². The van der Waals surface area contributed by atoms with Crippen molar-refractivity contribution in [3.05, 3.63) is 60.2 Å². The van der Waals surface area contributed by atoms with E-state index >= 15 is 0 Å². The normalized spacial score (nSPS) is 12.0. The average molecular weight is 337 g/mol. The molecule has 1 atom stereocenters. The standard InChI is InChI=1S/C17H17F2NO2S/c1-12(13-6-5-7-14(10-13)22-17(18)19)20-16(21)11-23-15-8-3-2-4-9-15/h2-10,12,17H,11H2,1H3,(H,20,21)/t12-/m0/s1. The van der Waals surface area contributed by atoms with Crippen LogP contribution in [-0.4, -0.2) is 18.3 Å². The Balaban J connectivity index is 1.88. The van der Waals surface area contributed by atoms with Gasteiger partial charge >= 0.3 is 6.61 Å². The van der Waals surface area contributed by atoms with Crippen molar-refractivity contribution >= 4 is 17.7 Å². The lowest BCUT2D eigenvalue weighted by molar-refractivity contribution is -0.119. The first-order chi connectivity index (χ1) is 11.0. The molecule has 1 amide bonds. The van der Waals surface area contributed by atoms with Gasteiger partial charge in [-0.2, -0.15) is 8.78 Å². The fourth-order valence-corrected chi connectivity index (χ4v) is 2.72. The monoisotopic (exact) mass is 337 g/mol. The van der Waals surface area contributed by atoms with E-state index in [2.05, 4.69) is 10.1 Å². The van der Waals surface area contributed by atoms with Gasteiger partial charge in [-0.05, 0) is 36.8 Å². The number of carbonyl (C=O) groups excluding carboxylic acids is 1. The fraction of sp³-hybridized carbons (Fsp3) is 0.235. The first-order valence-electron chi connectivity index (χ1n) is 7.06. The van der Waals surface area contributed by atoms with Crippen LogP contribution in [0.4, 0.5) is 8.78 Å². The molecule has 0 aromatic heterocycles. The third kappa shape index (κ3) is 5.90. The predicted molar refractivity (Wildman–Crippen MR) is 86.8 cm³/mol. The SMILES string of the molecule is C[C@H](NC(=O)CSc1ccccc1)c1cccc(OC(F)F)c1. The van der Waals surface area contributed by atoms with E-state index in [1.54, 1.807) is 19.1 Å². The molecule has 6 heteroatoms. The number of thioether (sulfide) groups is 1. The summed E-state index contributed by atoms with van der Waals surface area (Å²) in [4.78, 5) is 13.0. The molecular formula is C17H17F2NO2S. The molecule has 1 N–H and O–H groups in total. The number of hydrogen-bond acceptors (Lipinski definition) is 3. The van der Waals surface area contributed by atoms with E-state index in [0.29, 0.717) is 11.3 Å². The van der Waals surface area contributed by atoms with Crippen LogP contribution in [0.1, 0.15) is 18.5 Å². The van der Waals surface area contributed by atoms with E-state index in [-0.39, 0.29) is 17.7 Å². The zero-order valence-electron chi connectivity index (χ0n) is 12.5. The average Bonchev–Trinajstić information content (AvgIpc) is 2.53. The molecule has 0 saturated carbocycles. The van der Waals surface area contributed by atoms with Gasteiger partial charge in [-0.3, -0.25) is 4.79 Å². The minimum atomic E-state index is -2.86. The highest BCUT2D eigenvalue weighted by atomic mass is 32.2. The second kappa shape index (κ2) is 8.53. The molecule has 2 rings (SSSR count). The van der Waals surface area contributed by atoms with Gasteiger partial charge in [0.25, 0.3) is 0 Å². The maximum Gasteiger partial charge on any atom is 0.387 e. The first-order valence-corrected chi connectivity index (χ1v) is 8.05. The highest BCUT2D eigenvalue weighted by Crippen LogP contribution is 2.21. The van der Waals surface area contributed by atoms with Gasteiger partial charge < -0.3 is 10.1 Å². The molecule has 0 unspecified atom stereocenters. The third-order valence-electron chi connectivity index (χ3n) is 3.07. The van der Waals surface area contributed by atoms with Crippen molar-refractivity contribution in [3.8, 4) is 5.75 Å². The molecule has 122 valence electrons. The summed E-state index contributed by atoms with van der Waals surface area (Å²) in [5, 5.41) is 2.84. The Morgan fingerprint density at radius 3 is 2.61 bits per heavy atom. The number of amides is 1. The summed E-state index contributed by atoms with van der Waals surface area (Å²) in [5.41, 5.74) is 0.709. The van der Waals surface area contributed by atoms with E-state index < -0.39 is 6.61 Å². The summed E-state index contributed by atoms with van der Waals surface area (Å²) >= 11 is 1.44. The Labute approximate surface area is 138 Å². The Bertz CT molecular complexity index is 638. The number of rotatable bonds is 7. The van der Waals surface area contributed by atoms with Crippen LogP contribution < -0.4 is 10.1 Å². The molecule has 3 nitrogen and oxygen atoms in total. The molecule has 0 bridgehead atoms. The summed E-state index contributed by atoms with van der Waals surface area (Å²) in [5.74, 6) is 0.255. The summed E-state index contributed by atoms with van der Waals surface area (Å²) < 4.78 is 28.8. The molecule has 0 saturated heterocycles. The van der Waals surface area contributed by atoms with E-state index in [1.807, 2.05) is 30.3 Å². The highest BCUT2D eigenvalue weighted by Gasteiger charge is 2.12. The van der Waals surface area contributed by atoms with Crippen LogP contribution in [0.5, 0.6) is 5.75 Å². The summed E-state index contributed by atoms with van der Waals surface area (Å²) in [6.07, 6.45) is 0. The molecule has 0 fully saturated rings. The third-order valence-corrected chi connectivity index (χ3v) is 4.09. The number of ether oxygens (including phenoxy) is 1. The second-order valence-electron chi connectivity index (χ2n) is 4.84. The number of hydrogen-bond donors (Lipinski definition) is 1. The molecule has 0 heterocycles. The molecule has 2 aromatic carbocycles. The van der Waals surface area contributed by atoms with Gasteiger partial charge in [0, 0.05) is 4.90 Å². The van der Waals surface area contributed by atoms with Gasteiger partial charge in [-0.25, -0.2) is 0 Å². The zero-order valence-corrected chi connectivity index (χ0v) is 13.4. The Kier molecular flexibility index (Phi) is 6.40. The smallest absolute Gasteiger partial charge is 0.387 e. The van der Waals surface area contributed by atoms with Gasteiger partial charge in [0.15, 0.2) is 0 Å². The molecule has 23 heavy (non-hydrogen) atoms. The lowest BCUT2D eigenvalue weighted by Gasteiger charge is -2.15. The number of benzene rings is 2. The minimum Gasteiger partial charge on any atom is -0.435 e. The van der Waals surface area contributed by atoms with Crippen LogP contribution in [-0.2, 0) is 4.79 Å². The molecular weight excluding hydrogens is 320 g/mol. The zero-order chi connectivity index (χ0) is 16.7. The summed E-state index contributed by atoms with van der Waals surface area (Å²) in [6.45, 7) is -1.07. The van der Waals surface area contributed by atoms with Gasteiger partial charge in [0.1, 0.15) is 5.75 Å². The maximum absolute atomic E-state index is 12.2. The number of alkyl halides is 2. The molecule has 2 aromatic rings. The van der Waals surface area contributed by atoms with Crippen LogP contribution in [0.3, 0.4) is 0 Å². The maximum atomic E-state index is 12.2. The summed E-state index contributed by atoms with van der Waals surface area (Å²) in [7, 11) is 0. The summed E-state index contributed by atoms with van der Waals surface area (Å²) in [6, 6.07) is 15.7. The number of carbonyl (C=O) groups is 1. The first kappa shape index (κ1) is 17.3. The topological polar surface area (TPSA) is 38.3 Å². The van der Waals surface area contributed by atoms with Crippen LogP contribution in [0.25, 0.3) is 0 Å². The van der Waals surface area contributed by atoms with Crippen LogP contribution >= 0.6 is 11.8 Å². The number of halogens is 2. The van der Waals surface area contributed by atoms with Crippen LogP contribution in [0.15, 0.2) is 59.5 Å². The highest BCUT2D eigenvalue weighted by molar-refractivity contribution is 8.00.